The number of halogens is 1. The van der Waals surface area contributed by atoms with Gasteiger partial charge in [0, 0.05) is 13.0 Å². The van der Waals surface area contributed by atoms with Crippen molar-refractivity contribution in [2.75, 3.05) is 6.54 Å². The lowest BCUT2D eigenvalue weighted by Gasteiger charge is -2.11. The van der Waals surface area contributed by atoms with Crippen molar-refractivity contribution in [3.05, 3.63) is 64.7 Å². The summed E-state index contributed by atoms with van der Waals surface area (Å²) in [6.45, 7) is 4.41. The van der Waals surface area contributed by atoms with Gasteiger partial charge in [-0.15, -0.1) is 0 Å². The van der Waals surface area contributed by atoms with Crippen LogP contribution in [-0.2, 0) is 11.2 Å². The molecule has 6 heteroatoms. The highest BCUT2D eigenvalue weighted by Gasteiger charge is 2.17. The first-order chi connectivity index (χ1) is 12.0. The van der Waals surface area contributed by atoms with Crippen molar-refractivity contribution >= 4 is 16.9 Å². The summed E-state index contributed by atoms with van der Waals surface area (Å²) in [7, 11) is 0. The smallest absolute Gasteiger partial charge is 0.253 e. The summed E-state index contributed by atoms with van der Waals surface area (Å²) in [6, 6.07) is 9.24. The Labute approximate surface area is 144 Å². The molecule has 3 rings (SSSR count). The number of aryl methyl sites for hydroxylation is 2. The van der Waals surface area contributed by atoms with Gasteiger partial charge >= 0.3 is 0 Å². The number of benzene rings is 2. The molecule has 1 atom stereocenters. The molecule has 25 heavy (non-hydrogen) atoms. The summed E-state index contributed by atoms with van der Waals surface area (Å²) in [4.78, 5) is 19.8. The van der Waals surface area contributed by atoms with E-state index in [2.05, 4.69) is 15.3 Å². The van der Waals surface area contributed by atoms with E-state index in [9.17, 15) is 14.3 Å². The van der Waals surface area contributed by atoms with Crippen LogP contribution in [-0.4, -0.2) is 27.5 Å². The van der Waals surface area contributed by atoms with Crippen LogP contribution in [0.5, 0.6) is 0 Å². The molecule has 2 aromatic carbocycles. The summed E-state index contributed by atoms with van der Waals surface area (Å²) in [5.74, 6) is -0.151. The molecular formula is C19H20FN3O2. The number of aromatic amines is 1. The zero-order valence-electron chi connectivity index (χ0n) is 14.1. The predicted molar refractivity (Wildman–Crippen MR) is 93.6 cm³/mol. The van der Waals surface area contributed by atoms with Gasteiger partial charge in [-0.2, -0.15) is 0 Å². The molecule has 3 aromatic rings. The molecule has 0 saturated carbocycles. The highest BCUT2D eigenvalue weighted by atomic mass is 19.1. The van der Waals surface area contributed by atoms with Gasteiger partial charge < -0.3 is 15.4 Å². The number of rotatable bonds is 5. The summed E-state index contributed by atoms with van der Waals surface area (Å²) in [5, 5.41) is 12.7. The number of aliphatic hydroxyl groups is 1. The quantitative estimate of drug-likeness (QED) is 0.668. The Morgan fingerprint density at radius 1 is 1.24 bits per heavy atom. The first-order valence-electron chi connectivity index (χ1n) is 8.12. The maximum Gasteiger partial charge on any atom is 0.253 e. The second-order valence-electron chi connectivity index (χ2n) is 6.08. The number of H-pyrrole nitrogens is 1. The van der Waals surface area contributed by atoms with E-state index in [1.165, 1.54) is 29.8 Å². The molecule has 0 bridgehead atoms. The molecule has 0 radical (unpaired) electrons. The fourth-order valence-electron chi connectivity index (χ4n) is 2.68. The van der Waals surface area contributed by atoms with Gasteiger partial charge in [-0.25, -0.2) is 9.37 Å². The van der Waals surface area contributed by atoms with E-state index in [1.54, 1.807) is 0 Å². The lowest BCUT2D eigenvalue weighted by Crippen LogP contribution is -2.31. The monoisotopic (exact) mass is 341 g/mol. The first kappa shape index (κ1) is 17.1. The van der Waals surface area contributed by atoms with Crippen LogP contribution < -0.4 is 5.32 Å². The molecule has 130 valence electrons. The molecule has 0 aliphatic carbocycles. The highest BCUT2D eigenvalue weighted by molar-refractivity contribution is 5.82. The van der Waals surface area contributed by atoms with Crippen LogP contribution in [0, 0.1) is 19.7 Å². The van der Waals surface area contributed by atoms with Gasteiger partial charge in [0.1, 0.15) is 11.6 Å². The Bertz CT molecular complexity index is 903. The molecule has 0 unspecified atom stereocenters. The lowest BCUT2D eigenvalue weighted by atomic mass is 10.1. The average Bonchev–Trinajstić information content (AvgIpc) is 3.02. The summed E-state index contributed by atoms with van der Waals surface area (Å²) in [6.07, 6.45) is -0.796. The highest BCUT2D eigenvalue weighted by Crippen LogP contribution is 2.19. The van der Waals surface area contributed by atoms with E-state index in [4.69, 9.17) is 0 Å². The van der Waals surface area contributed by atoms with Gasteiger partial charge in [-0.05, 0) is 48.7 Å². The standard InChI is InChI=1S/C19H20FN3O2/c1-11-3-8-15-17(12(11)2)23-16(22-15)9-10-21-19(25)18(24)13-4-6-14(20)7-5-13/h3-8,18,24H,9-10H2,1-2H3,(H,21,25)(H,22,23)/t18-/m1/s1. The second-order valence-corrected chi connectivity index (χ2v) is 6.08. The van der Waals surface area contributed by atoms with E-state index < -0.39 is 17.8 Å². The number of nitrogens with zero attached hydrogens (tertiary/aromatic N) is 1. The fraction of sp³-hybridized carbons (Fsp3) is 0.263. The molecular weight excluding hydrogens is 321 g/mol. The van der Waals surface area contributed by atoms with Gasteiger partial charge in [0.15, 0.2) is 6.10 Å². The van der Waals surface area contributed by atoms with Gasteiger partial charge in [0.25, 0.3) is 5.91 Å². The molecule has 0 aliphatic heterocycles. The Kier molecular flexibility index (Phi) is 4.81. The maximum absolute atomic E-state index is 12.9. The van der Waals surface area contributed by atoms with Crippen molar-refractivity contribution in [3.8, 4) is 0 Å². The summed E-state index contributed by atoms with van der Waals surface area (Å²) >= 11 is 0. The van der Waals surface area contributed by atoms with E-state index in [0.29, 0.717) is 18.5 Å². The van der Waals surface area contributed by atoms with Gasteiger partial charge in [0.05, 0.1) is 11.0 Å². The molecule has 0 fully saturated rings. The number of aliphatic hydroxyl groups excluding tert-OH is 1. The normalized spacial score (nSPS) is 12.3. The molecule has 1 aromatic heterocycles. The molecule has 0 aliphatic rings. The first-order valence-corrected chi connectivity index (χ1v) is 8.12. The zero-order chi connectivity index (χ0) is 18.0. The minimum atomic E-state index is -1.32. The minimum absolute atomic E-state index is 0.342. The molecule has 3 N–H and O–H groups in total. The molecule has 1 amide bonds. The Balaban J connectivity index is 1.60. The van der Waals surface area contributed by atoms with Crippen LogP contribution in [0.1, 0.15) is 28.6 Å². The van der Waals surface area contributed by atoms with Crippen LogP contribution in [0.2, 0.25) is 0 Å². The largest absolute Gasteiger partial charge is 0.378 e. The fourth-order valence-corrected chi connectivity index (χ4v) is 2.68. The number of carbonyl (C=O) groups excluding carboxylic acids is 1. The predicted octanol–water partition coefficient (Wildman–Crippen LogP) is 2.71. The van der Waals surface area contributed by atoms with Gasteiger partial charge in [-0.1, -0.05) is 18.2 Å². The second kappa shape index (κ2) is 7.03. The van der Waals surface area contributed by atoms with E-state index >= 15 is 0 Å². The van der Waals surface area contributed by atoms with Crippen LogP contribution in [0.4, 0.5) is 4.39 Å². The molecule has 0 spiro atoms. The van der Waals surface area contributed by atoms with E-state index in [-0.39, 0.29) is 0 Å². The van der Waals surface area contributed by atoms with Crippen molar-refractivity contribution in [2.45, 2.75) is 26.4 Å². The van der Waals surface area contributed by atoms with Crippen molar-refractivity contribution in [3.63, 3.8) is 0 Å². The van der Waals surface area contributed by atoms with Crippen molar-refractivity contribution < 1.29 is 14.3 Å². The van der Waals surface area contributed by atoms with Crippen molar-refractivity contribution in [1.82, 2.24) is 15.3 Å². The molecule has 5 nitrogen and oxygen atoms in total. The topological polar surface area (TPSA) is 78.0 Å². The minimum Gasteiger partial charge on any atom is -0.378 e. The summed E-state index contributed by atoms with van der Waals surface area (Å²) in [5.41, 5.74) is 4.58. The average molecular weight is 341 g/mol. The third-order valence-electron chi connectivity index (χ3n) is 4.32. The van der Waals surface area contributed by atoms with Gasteiger partial charge in [-0.3, -0.25) is 4.79 Å². The molecule has 1 heterocycles. The SMILES string of the molecule is Cc1ccc2[nH]c(CCNC(=O)[C@H](O)c3ccc(F)cc3)nc2c1C. The number of hydrogen-bond acceptors (Lipinski definition) is 3. The summed E-state index contributed by atoms with van der Waals surface area (Å²) < 4.78 is 12.9. The third-order valence-corrected chi connectivity index (χ3v) is 4.32. The van der Waals surface area contributed by atoms with Crippen molar-refractivity contribution in [1.29, 1.82) is 0 Å². The van der Waals surface area contributed by atoms with E-state index in [0.717, 1.165) is 22.4 Å². The van der Waals surface area contributed by atoms with E-state index in [1.807, 2.05) is 26.0 Å². The number of fused-ring (bicyclic) bond motifs is 1. The number of hydrogen-bond donors (Lipinski definition) is 3. The number of carbonyl (C=O) groups is 1. The van der Waals surface area contributed by atoms with Crippen LogP contribution in [0.25, 0.3) is 11.0 Å². The Morgan fingerprint density at radius 3 is 2.68 bits per heavy atom. The maximum atomic E-state index is 12.9. The third kappa shape index (κ3) is 3.69. The lowest BCUT2D eigenvalue weighted by molar-refractivity contribution is -0.129. The van der Waals surface area contributed by atoms with Gasteiger partial charge in [0.2, 0.25) is 0 Å². The van der Waals surface area contributed by atoms with Crippen LogP contribution in [0.3, 0.4) is 0 Å². The zero-order valence-corrected chi connectivity index (χ0v) is 14.1. The van der Waals surface area contributed by atoms with Crippen LogP contribution in [0.15, 0.2) is 36.4 Å². The number of aromatic nitrogens is 2. The van der Waals surface area contributed by atoms with Crippen molar-refractivity contribution in [2.24, 2.45) is 0 Å². The van der Waals surface area contributed by atoms with Crippen LogP contribution >= 0.6 is 0 Å². The molecule has 0 saturated heterocycles. The number of amides is 1. The Morgan fingerprint density at radius 2 is 1.96 bits per heavy atom. The Hall–Kier alpha value is -2.73. The number of imidazole rings is 1. The number of nitrogens with one attached hydrogen (secondary N) is 2.